The Morgan fingerprint density at radius 1 is 0.767 bits per heavy atom. The molecule has 2 aliphatic rings. The van der Waals surface area contributed by atoms with Crippen molar-refractivity contribution in [1.82, 2.24) is 0 Å². The van der Waals surface area contributed by atoms with E-state index in [-0.39, 0.29) is 0 Å². The molecular weight excluding hydrogens is 374 g/mol. The minimum absolute atomic E-state index is 0.319. The fourth-order valence-electron chi connectivity index (χ4n) is 6.49. The van der Waals surface area contributed by atoms with Gasteiger partial charge in [-0.3, -0.25) is 0 Å². The maximum absolute atomic E-state index is 13.6. The molecule has 30 heavy (non-hydrogen) atoms. The molecule has 2 heteroatoms. The van der Waals surface area contributed by atoms with Gasteiger partial charge < -0.3 is 0 Å². The summed E-state index contributed by atoms with van der Waals surface area (Å²) in [7, 11) is 0. The second-order valence-electron chi connectivity index (χ2n) is 10.6. The first-order valence-electron chi connectivity index (χ1n) is 12.9. The van der Waals surface area contributed by atoms with Crippen molar-refractivity contribution in [2.45, 2.75) is 110 Å². The molecule has 0 N–H and O–H groups in total. The zero-order valence-corrected chi connectivity index (χ0v) is 19.6. The van der Waals surface area contributed by atoms with E-state index >= 15 is 0 Å². The fourth-order valence-corrected chi connectivity index (χ4v) is 6.49. The minimum atomic E-state index is -0.737. The molecule has 0 amide bonds. The molecule has 2 aliphatic carbocycles. The van der Waals surface area contributed by atoms with E-state index in [0.29, 0.717) is 11.8 Å². The maximum atomic E-state index is 13.6. The zero-order valence-electron chi connectivity index (χ0n) is 19.6. The number of hydrogen-bond acceptors (Lipinski definition) is 0. The minimum Gasteiger partial charge on any atom is -0.204 e. The first-order valence-corrected chi connectivity index (χ1v) is 12.9. The van der Waals surface area contributed by atoms with E-state index in [1.165, 1.54) is 95.6 Å². The normalized spacial score (nSPS) is 29.5. The SMILES string of the molecule is CCCCCCC1CCC(C(C)C2CCC(C(C)c3ccc(F)c(F)c3)CC2)CC1. The van der Waals surface area contributed by atoms with Gasteiger partial charge in [0.1, 0.15) is 0 Å². The van der Waals surface area contributed by atoms with Crippen molar-refractivity contribution in [3.05, 3.63) is 35.4 Å². The van der Waals surface area contributed by atoms with E-state index in [2.05, 4.69) is 20.8 Å². The number of rotatable bonds is 9. The summed E-state index contributed by atoms with van der Waals surface area (Å²) in [6.07, 6.45) is 18.0. The highest BCUT2D eigenvalue weighted by atomic mass is 19.2. The summed E-state index contributed by atoms with van der Waals surface area (Å²) in [5, 5.41) is 0. The smallest absolute Gasteiger partial charge is 0.159 e. The van der Waals surface area contributed by atoms with Gasteiger partial charge in [0.2, 0.25) is 0 Å². The average molecular weight is 419 g/mol. The van der Waals surface area contributed by atoms with Crippen molar-refractivity contribution in [2.24, 2.45) is 29.6 Å². The van der Waals surface area contributed by atoms with Gasteiger partial charge >= 0.3 is 0 Å². The molecule has 1 aromatic rings. The third kappa shape index (κ3) is 6.30. The van der Waals surface area contributed by atoms with Crippen LogP contribution in [0.4, 0.5) is 8.78 Å². The van der Waals surface area contributed by atoms with E-state index in [9.17, 15) is 8.78 Å². The Hall–Kier alpha value is -0.920. The summed E-state index contributed by atoms with van der Waals surface area (Å²) in [4.78, 5) is 0. The van der Waals surface area contributed by atoms with Crippen LogP contribution in [-0.4, -0.2) is 0 Å². The molecule has 2 saturated carbocycles. The molecule has 2 fully saturated rings. The van der Waals surface area contributed by atoms with E-state index in [1.807, 2.05) is 0 Å². The van der Waals surface area contributed by atoms with Crippen LogP contribution in [0.15, 0.2) is 18.2 Å². The lowest BCUT2D eigenvalue weighted by molar-refractivity contribution is 0.118. The van der Waals surface area contributed by atoms with Crippen molar-refractivity contribution in [3.63, 3.8) is 0 Å². The van der Waals surface area contributed by atoms with Crippen LogP contribution in [0.25, 0.3) is 0 Å². The molecule has 3 rings (SSSR count). The van der Waals surface area contributed by atoms with Crippen molar-refractivity contribution in [3.8, 4) is 0 Å². The molecule has 0 heterocycles. The predicted molar refractivity (Wildman–Crippen MR) is 124 cm³/mol. The Morgan fingerprint density at radius 3 is 1.97 bits per heavy atom. The Morgan fingerprint density at radius 2 is 1.37 bits per heavy atom. The van der Waals surface area contributed by atoms with Crippen LogP contribution in [-0.2, 0) is 0 Å². The van der Waals surface area contributed by atoms with Gasteiger partial charge in [0.25, 0.3) is 0 Å². The predicted octanol–water partition coefficient (Wildman–Crippen LogP) is 9.29. The first-order chi connectivity index (χ1) is 14.5. The van der Waals surface area contributed by atoms with Gasteiger partial charge in [-0.25, -0.2) is 8.78 Å². The number of unbranched alkanes of at least 4 members (excludes halogenated alkanes) is 3. The lowest BCUT2D eigenvalue weighted by Gasteiger charge is -2.40. The largest absolute Gasteiger partial charge is 0.204 e. The highest BCUT2D eigenvalue weighted by Crippen LogP contribution is 2.45. The number of benzene rings is 1. The van der Waals surface area contributed by atoms with Crippen LogP contribution in [0, 0.1) is 41.2 Å². The van der Waals surface area contributed by atoms with Crippen LogP contribution < -0.4 is 0 Å². The van der Waals surface area contributed by atoms with Crippen LogP contribution in [0.1, 0.15) is 116 Å². The first kappa shape index (κ1) is 23.7. The third-order valence-corrected chi connectivity index (χ3v) is 8.84. The molecule has 2 atom stereocenters. The topological polar surface area (TPSA) is 0 Å². The molecule has 0 saturated heterocycles. The third-order valence-electron chi connectivity index (χ3n) is 8.84. The van der Waals surface area contributed by atoms with Gasteiger partial charge in [0.15, 0.2) is 11.6 Å². The van der Waals surface area contributed by atoms with Crippen LogP contribution >= 0.6 is 0 Å². The van der Waals surface area contributed by atoms with Crippen molar-refractivity contribution in [1.29, 1.82) is 0 Å². The summed E-state index contributed by atoms with van der Waals surface area (Å²) in [5.74, 6) is 3.13. The summed E-state index contributed by atoms with van der Waals surface area (Å²) >= 11 is 0. The lowest BCUT2D eigenvalue weighted by Crippen LogP contribution is -2.29. The van der Waals surface area contributed by atoms with E-state index in [4.69, 9.17) is 0 Å². The van der Waals surface area contributed by atoms with Crippen LogP contribution in [0.3, 0.4) is 0 Å². The Balaban J connectivity index is 1.41. The van der Waals surface area contributed by atoms with Gasteiger partial charge in [0, 0.05) is 0 Å². The standard InChI is InChI=1S/C28H44F2/c1-4-5-6-7-8-22-9-11-23(12-10-22)20(2)24-13-15-25(16-14-24)21(3)26-17-18-27(29)28(30)19-26/h17-25H,4-16H2,1-3H3. The molecule has 1 aromatic carbocycles. The summed E-state index contributed by atoms with van der Waals surface area (Å²) in [6, 6.07) is 4.48. The van der Waals surface area contributed by atoms with Gasteiger partial charge in [-0.15, -0.1) is 0 Å². The van der Waals surface area contributed by atoms with Crippen LogP contribution in [0.5, 0.6) is 0 Å². The molecule has 0 aliphatic heterocycles. The van der Waals surface area contributed by atoms with Crippen molar-refractivity contribution >= 4 is 0 Å². The summed E-state index contributed by atoms with van der Waals surface area (Å²) in [6.45, 7) is 7.02. The van der Waals surface area contributed by atoms with E-state index in [1.54, 1.807) is 6.07 Å². The average Bonchev–Trinajstić information content (AvgIpc) is 2.78. The van der Waals surface area contributed by atoms with Gasteiger partial charge in [-0.2, -0.15) is 0 Å². The molecular formula is C28H44F2. The second kappa shape index (κ2) is 11.6. The number of halogens is 2. The van der Waals surface area contributed by atoms with Crippen molar-refractivity contribution < 1.29 is 8.78 Å². The second-order valence-corrected chi connectivity index (χ2v) is 10.6. The Bertz CT molecular complexity index is 624. The quantitative estimate of drug-likeness (QED) is 0.350. The Kier molecular flexibility index (Phi) is 9.20. The maximum Gasteiger partial charge on any atom is 0.159 e. The molecule has 2 unspecified atom stereocenters. The van der Waals surface area contributed by atoms with Crippen molar-refractivity contribution in [2.75, 3.05) is 0 Å². The molecule has 0 nitrogen and oxygen atoms in total. The molecule has 0 spiro atoms. The Labute approximate surface area is 184 Å². The zero-order chi connectivity index (χ0) is 21.5. The molecule has 0 bridgehead atoms. The van der Waals surface area contributed by atoms with Crippen LogP contribution in [0.2, 0.25) is 0 Å². The summed E-state index contributed by atoms with van der Waals surface area (Å²) < 4.78 is 26.9. The molecule has 0 radical (unpaired) electrons. The lowest BCUT2D eigenvalue weighted by atomic mass is 9.65. The highest BCUT2D eigenvalue weighted by Gasteiger charge is 2.33. The van der Waals surface area contributed by atoms with Gasteiger partial charge in [-0.1, -0.05) is 71.8 Å². The number of hydrogen-bond donors (Lipinski definition) is 0. The fraction of sp³-hybridized carbons (Fsp3) is 0.786. The monoisotopic (exact) mass is 418 g/mol. The van der Waals surface area contributed by atoms with Gasteiger partial charge in [-0.05, 0) is 91.7 Å². The van der Waals surface area contributed by atoms with Gasteiger partial charge in [0.05, 0.1) is 0 Å². The summed E-state index contributed by atoms with van der Waals surface area (Å²) in [5.41, 5.74) is 0.961. The molecule has 0 aromatic heterocycles. The van der Waals surface area contributed by atoms with E-state index < -0.39 is 11.6 Å². The highest BCUT2D eigenvalue weighted by molar-refractivity contribution is 5.22. The molecule has 170 valence electrons. The van der Waals surface area contributed by atoms with E-state index in [0.717, 1.165) is 29.2 Å².